The standard InChI is InChI=1S/C11H24NO/c1-6-13-9-7-8-12(10(2)3)11(4)5/h9-11H,6-8H2,1-5H3. The zero-order valence-electron chi connectivity index (χ0n) is 9.71. The monoisotopic (exact) mass is 186 g/mol. The van der Waals surface area contributed by atoms with Crippen molar-refractivity contribution in [2.45, 2.75) is 53.1 Å². The van der Waals surface area contributed by atoms with Crippen LogP contribution in [-0.2, 0) is 4.74 Å². The van der Waals surface area contributed by atoms with Crippen molar-refractivity contribution in [2.75, 3.05) is 13.2 Å². The van der Waals surface area contributed by atoms with Crippen molar-refractivity contribution in [2.24, 2.45) is 0 Å². The van der Waals surface area contributed by atoms with E-state index in [1.54, 1.807) is 0 Å². The summed E-state index contributed by atoms with van der Waals surface area (Å²) in [5, 5.41) is 0. The van der Waals surface area contributed by atoms with Crippen molar-refractivity contribution >= 4 is 0 Å². The first-order valence-corrected chi connectivity index (χ1v) is 5.28. The molecule has 0 aliphatic heterocycles. The molecule has 0 aromatic heterocycles. The van der Waals surface area contributed by atoms with Crippen molar-refractivity contribution in [3.63, 3.8) is 0 Å². The molecule has 2 nitrogen and oxygen atoms in total. The summed E-state index contributed by atoms with van der Waals surface area (Å²) in [6.45, 7) is 14.7. The van der Waals surface area contributed by atoms with Crippen LogP contribution in [0.2, 0.25) is 0 Å². The van der Waals surface area contributed by atoms with Gasteiger partial charge in [-0.05, 0) is 41.0 Å². The predicted molar refractivity (Wildman–Crippen MR) is 57.5 cm³/mol. The first kappa shape index (κ1) is 12.9. The van der Waals surface area contributed by atoms with E-state index in [9.17, 15) is 0 Å². The van der Waals surface area contributed by atoms with Crippen molar-refractivity contribution < 1.29 is 4.74 Å². The Morgan fingerprint density at radius 3 is 2.08 bits per heavy atom. The Balaban J connectivity index is 3.58. The Hall–Kier alpha value is -0.0800. The van der Waals surface area contributed by atoms with Crippen LogP contribution in [0.1, 0.15) is 41.0 Å². The molecule has 0 aromatic rings. The minimum atomic E-state index is 0.620. The molecule has 0 aliphatic rings. The van der Waals surface area contributed by atoms with E-state index in [2.05, 4.69) is 32.6 Å². The van der Waals surface area contributed by atoms with Crippen LogP contribution in [0.5, 0.6) is 0 Å². The highest BCUT2D eigenvalue weighted by atomic mass is 16.5. The molecular formula is C11H24NO. The van der Waals surface area contributed by atoms with E-state index in [-0.39, 0.29) is 0 Å². The minimum Gasteiger partial charge on any atom is -0.376 e. The number of nitrogens with zero attached hydrogens (tertiary/aromatic N) is 1. The van der Waals surface area contributed by atoms with E-state index in [1.807, 2.05) is 13.5 Å². The molecule has 1 radical (unpaired) electrons. The second-order valence-electron chi connectivity index (χ2n) is 3.84. The molecule has 0 amide bonds. The van der Waals surface area contributed by atoms with Crippen molar-refractivity contribution in [3.8, 4) is 0 Å². The summed E-state index contributed by atoms with van der Waals surface area (Å²) in [4.78, 5) is 2.47. The number of ether oxygens (including phenoxy) is 1. The number of hydrogen-bond acceptors (Lipinski definition) is 2. The smallest absolute Gasteiger partial charge is 0.0849 e. The lowest BCUT2D eigenvalue weighted by molar-refractivity contribution is 0.150. The van der Waals surface area contributed by atoms with Gasteiger partial charge in [0.2, 0.25) is 0 Å². The number of hydrogen-bond donors (Lipinski definition) is 0. The van der Waals surface area contributed by atoms with Gasteiger partial charge in [-0.2, -0.15) is 0 Å². The van der Waals surface area contributed by atoms with Gasteiger partial charge in [0.1, 0.15) is 0 Å². The van der Waals surface area contributed by atoms with Gasteiger partial charge in [-0.15, -0.1) is 0 Å². The zero-order valence-corrected chi connectivity index (χ0v) is 9.71. The lowest BCUT2D eigenvalue weighted by atomic mass is 10.2. The first-order chi connectivity index (χ1) is 6.09. The van der Waals surface area contributed by atoms with Crippen LogP contribution in [0.4, 0.5) is 0 Å². The molecule has 0 saturated carbocycles. The fourth-order valence-electron chi connectivity index (χ4n) is 1.52. The number of rotatable bonds is 7. The highest BCUT2D eigenvalue weighted by molar-refractivity contribution is 4.68. The molecule has 0 heterocycles. The summed E-state index contributed by atoms with van der Waals surface area (Å²) in [5.41, 5.74) is 0. The van der Waals surface area contributed by atoms with Gasteiger partial charge in [0.25, 0.3) is 0 Å². The quantitative estimate of drug-likeness (QED) is 0.567. The molecule has 0 atom stereocenters. The van der Waals surface area contributed by atoms with Crippen molar-refractivity contribution in [1.29, 1.82) is 0 Å². The van der Waals surface area contributed by atoms with Gasteiger partial charge in [0, 0.05) is 25.2 Å². The molecule has 0 aliphatic carbocycles. The van der Waals surface area contributed by atoms with Gasteiger partial charge in [-0.25, -0.2) is 0 Å². The Morgan fingerprint density at radius 2 is 1.69 bits per heavy atom. The summed E-state index contributed by atoms with van der Waals surface area (Å²) in [7, 11) is 0. The lowest BCUT2D eigenvalue weighted by Gasteiger charge is -2.30. The van der Waals surface area contributed by atoms with Gasteiger partial charge in [-0.1, -0.05) is 0 Å². The topological polar surface area (TPSA) is 12.5 Å². The van der Waals surface area contributed by atoms with Gasteiger partial charge >= 0.3 is 0 Å². The molecular weight excluding hydrogens is 162 g/mol. The maximum absolute atomic E-state index is 5.19. The fraction of sp³-hybridized carbons (Fsp3) is 0.909. The minimum absolute atomic E-state index is 0.620. The summed E-state index contributed by atoms with van der Waals surface area (Å²) >= 11 is 0. The SMILES string of the molecule is CCO[CH]CCN(C(C)C)C(C)C. The Morgan fingerprint density at radius 1 is 1.15 bits per heavy atom. The third-order valence-electron chi connectivity index (χ3n) is 2.12. The van der Waals surface area contributed by atoms with Gasteiger partial charge in [-0.3, -0.25) is 4.90 Å². The van der Waals surface area contributed by atoms with Crippen LogP contribution in [0.25, 0.3) is 0 Å². The molecule has 0 spiro atoms. The maximum atomic E-state index is 5.19. The van der Waals surface area contributed by atoms with Gasteiger partial charge in [0.15, 0.2) is 0 Å². The van der Waals surface area contributed by atoms with Crippen molar-refractivity contribution in [3.05, 3.63) is 6.61 Å². The Labute approximate surface area is 83.3 Å². The normalized spacial score (nSPS) is 12.0. The Kier molecular flexibility index (Phi) is 7.29. The highest BCUT2D eigenvalue weighted by Gasteiger charge is 2.11. The van der Waals surface area contributed by atoms with E-state index in [0.29, 0.717) is 12.1 Å². The molecule has 13 heavy (non-hydrogen) atoms. The lowest BCUT2D eigenvalue weighted by Crippen LogP contribution is -2.37. The van der Waals surface area contributed by atoms with Crippen LogP contribution in [-0.4, -0.2) is 30.1 Å². The van der Waals surface area contributed by atoms with E-state index in [4.69, 9.17) is 4.74 Å². The maximum Gasteiger partial charge on any atom is 0.0849 e. The second-order valence-corrected chi connectivity index (χ2v) is 3.84. The van der Waals surface area contributed by atoms with Crippen LogP contribution >= 0.6 is 0 Å². The van der Waals surface area contributed by atoms with E-state index in [1.165, 1.54) is 0 Å². The predicted octanol–water partition coefficient (Wildman–Crippen LogP) is 2.69. The first-order valence-electron chi connectivity index (χ1n) is 5.28. The molecule has 0 aromatic carbocycles. The van der Waals surface area contributed by atoms with Crippen LogP contribution in [0, 0.1) is 6.61 Å². The largest absolute Gasteiger partial charge is 0.376 e. The van der Waals surface area contributed by atoms with E-state index >= 15 is 0 Å². The summed E-state index contributed by atoms with van der Waals surface area (Å²) in [5.74, 6) is 0. The average Bonchev–Trinajstić information content (AvgIpc) is 2.02. The Bertz CT molecular complexity index is 105. The van der Waals surface area contributed by atoms with Crippen LogP contribution in [0.3, 0.4) is 0 Å². The second kappa shape index (κ2) is 7.34. The van der Waals surface area contributed by atoms with E-state index in [0.717, 1.165) is 19.6 Å². The molecule has 79 valence electrons. The zero-order chi connectivity index (χ0) is 10.3. The summed E-state index contributed by atoms with van der Waals surface area (Å²) in [6.07, 6.45) is 1.02. The van der Waals surface area contributed by atoms with Crippen molar-refractivity contribution in [1.82, 2.24) is 4.90 Å². The molecule has 0 bridgehead atoms. The average molecular weight is 186 g/mol. The molecule has 0 unspecified atom stereocenters. The summed E-state index contributed by atoms with van der Waals surface area (Å²) < 4.78 is 5.19. The fourth-order valence-corrected chi connectivity index (χ4v) is 1.52. The van der Waals surface area contributed by atoms with Gasteiger partial charge in [0.05, 0.1) is 6.61 Å². The highest BCUT2D eigenvalue weighted by Crippen LogP contribution is 2.06. The molecule has 0 rings (SSSR count). The van der Waals surface area contributed by atoms with Crippen LogP contribution < -0.4 is 0 Å². The van der Waals surface area contributed by atoms with E-state index < -0.39 is 0 Å². The van der Waals surface area contributed by atoms with Gasteiger partial charge < -0.3 is 4.74 Å². The molecule has 0 saturated heterocycles. The molecule has 0 N–H and O–H groups in total. The third-order valence-corrected chi connectivity index (χ3v) is 2.12. The molecule has 0 fully saturated rings. The van der Waals surface area contributed by atoms with Crippen LogP contribution in [0.15, 0.2) is 0 Å². The summed E-state index contributed by atoms with van der Waals surface area (Å²) in [6, 6.07) is 1.24. The third kappa shape index (κ3) is 6.05. The molecule has 2 heteroatoms.